The van der Waals surface area contributed by atoms with Crippen molar-refractivity contribution < 1.29 is 33.5 Å². The first-order valence-electron chi connectivity index (χ1n) is 1.72. The Balaban J connectivity index is 0. The van der Waals surface area contributed by atoms with Crippen LogP contribution >= 0.6 is 0 Å². The van der Waals surface area contributed by atoms with E-state index in [0.29, 0.717) is 0 Å². The molecule has 4 heteroatoms. The molecule has 0 aromatic carbocycles. The van der Waals surface area contributed by atoms with Crippen molar-refractivity contribution in [1.82, 2.24) is 0 Å². The van der Waals surface area contributed by atoms with Gasteiger partial charge >= 0.3 is 18.9 Å². The molecule has 0 aliphatic rings. The predicted octanol–water partition coefficient (Wildman–Crippen LogP) is -3.46. The van der Waals surface area contributed by atoms with Gasteiger partial charge in [-0.25, -0.2) is 0 Å². The topological polar surface area (TPSA) is 49.4 Å². The summed E-state index contributed by atoms with van der Waals surface area (Å²) in [5.41, 5.74) is 0. The summed E-state index contributed by atoms with van der Waals surface area (Å²) < 4.78 is 3.88. The molecular weight excluding hydrogens is 103 g/mol. The molecule has 8 heavy (non-hydrogen) atoms. The molecule has 40 valence electrons. The molecule has 0 heterocycles. The number of rotatable bonds is 2. The minimum atomic E-state index is -1.51. The van der Waals surface area contributed by atoms with Crippen LogP contribution < -0.4 is 24.0 Å². The summed E-state index contributed by atoms with van der Waals surface area (Å²) in [6.45, 7) is 3.22. The Labute approximate surface area is 59.5 Å². The summed E-state index contributed by atoms with van der Waals surface area (Å²) in [6.07, 6.45) is -0.185. The van der Waals surface area contributed by atoms with Crippen LogP contribution in [0.25, 0.3) is 0 Å². The van der Waals surface area contributed by atoms with Crippen LogP contribution in [-0.2, 0) is 4.74 Å². The minimum Gasteiger partial charge on any atom is -0.546 e. The fourth-order valence-electron chi connectivity index (χ4n) is 0.127. The van der Waals surface area contributed by atoms with E-state index < -0.39 is 6.16 Å². The van der Waals surface area contributed by atoms with Crippen LogP contribution in [-0.4, -0.2) is 12.8 Å². The Bertz CT molecular complexity index is 81.4. The van der Waals surface area contributed by atoms with Crippen molar-refractivity contribution in [1.29, 1.82) is 0 Å². The van der Waals surface area contributed by atoms with Crippen LogP contribution in [0.4, 0.5) is 4.79 Å². The monoisotopic (exact) mass is 108 g/mol. The normalized spacial score (nSPS) is 6.50. The molecule has 0 radical (unpaired) electrons. The first kappa shape index (κ1) is 10.6. The van der Waals surface area contributed by atoms with Crippen LogP contribution in [0.5, 0.6) is 0 Å². The minimum absolute atomic E-state index is 0. The largest absolute Gasteiger partial charge is 1.00 e. The molecule has 0 aliphatic heterocycles. The van der Waals surface area contributed by atoms with E-state index in [9.17, 15) is 9.90 Å². The summed E-state index contributed by atoms with van der Waals surface area (Å²) in [5, 5.41) is 9.38. The Morgan fingerprint density at radius 1 is 1.88 bits per heavy atom. The average Bonchev–Trinajstić information content (AvgIpc) is 1.61. The van der Waals surface area contributed by atoms with Crippen molar-refractivity contribution in [3.8, 4) is 0 Å². The SMILES string of the molecule is C=CCOC(=O)[O-].[Li+]. The molecule has 0 rings (SSSR count). The molecule has 0 aromatic rings. The molecule has 0 saturated carbocycles. The Kier molecular flexibility index (Phi) is 8.72. The van der Waals surface area contributed by atoms with Gasteiger partial charge in [0, 0.05) is 6.61 Å². The van der Waals surface area contributed by atoms with Crippen LogP contribution in [0.1, 0.15) is 0 Å². The third-order valence-corrected chi connectivity index (χ3v) is 0.319. The summed E-state index contributed by atoms with van der Waals surface area (Å²) >= 11 is 0. The van der Waals surface area contributed by atoms with Crippen LogP contribution in [0.2, 0.25) is 0 Å². The average molecular weight is 108 g/mol. The van der Waals surface area contributed by atoms with Gasteiger partial charge < -0.3 is 14.6 Å². The van der Waals surface area contributed by atoms with Gasteiger partial charge in [-0.2, -0.15) is 0 Å². The van der Waals surface area contributed by atoms with Crippen LogP contribution in [0.3, 0.4) is 0 Å². The molecule has 0 saturated heterocycles. The van der Waals surface area contributed by atoms with E-state index in [1.807, 2.05) is 0 Å². The van der Waals surface area contributed by atoms with Gasteiger partial charge in [-0.1, -0.05) is 6.08 Å². The molecule has 0 unspecified atom stereocenters. The van der Waals surface area contributed by atoms with E-state index >= 15 is 0 Å². The second-order valence-corrected chi connectivity index (χ2v) is 0.850. The number of hydrogen-bond acceptors (Lipinski definition) is 3. The number of carbonyl (C=O) groups is 1. The summed E-state index contributed by atoms with van der Waals surface area (Å²) in [5.74, 6) is 0. The summed E-state index contributed by atoms with van der Waals surface area (Å²) in [7, 11) is 0. The molecular formula is C4H5LiO3. The maximum Gasteiger partial charge on any atom is 1.00 e. The molecule has 0 bridgehead atoms. The van der Waals surface area contributed by atoms with Gasteiger partial charge in [0.25, 0.3) is 6.16 Å². The quantitative estimate of drug-likeness (QED) is 0.210. The Hall–Kier alpha value is -0.393. The zero-order chi connectivity index (χ0) is 5.70. The van der Waals surface area contributed by atoms with E-state index in [1.54, 1.807) is 0 Å². The van der Waals surface area contributed by atoms with Crippen molar-refractivity contribution in [3.05, 3.63) is 12.7 Å². The van der Waals surface area contributed by atoms with Gasteiger partial charge in [0.15, 0.2) is 0 Å². The number of carbonyl (C=O) groups excluding carboxylic acids is 1. The standard InChI is InChI=1S/C4H6O3.Li/c1-2-3-7-4(5)6;/h2H,1,3H2,(H,5,6);/q;+1/p-1. The van der Waals surface area contributed by atoms with Gasteiger partial charge in [-0.05, 0) is 0 Å². The first-order valence-corrected chi connectivity index (χ1v) is 1.72. The number of ether oxygens (including phenoxy) is 1. The van der Waals surface area contributed by atoms with E-state index in [2.05, 4.69) is 11.3 Å². The molecule has 0 N–H and O–H groups in total. The second-order valence-electron chi connectivity index (χ2n) is 0.850. The van der Waals surface area contributed by atoms with Gasteiger partial charge in [0.05, 0.1) is 0 Å². The Morgan fingerprint density at radius 2 is 2.38 bits per heavy atom. The fourth-order valence-corrected chi connectivity index (χ4v) is 0.127. The number of hydrogen-bond donors (Lipinski definition) is 0. The van der Waals surface area contributed by atoms with Crippen molar-refractivity contribution >= 4 is 6.16 Å². The maximum atomic E-state index is 9.38. The molecule has 0 amide bonds. The van der Waals surface area contributed by atoms with E-state index in [-0.39, 0.29) is 25.5 Å². The van der Waals surface area contributed by atoms with Crippen molar-refractivity contribution in [2.24, 2.45) is 0 Å². The molecule has 0 aromatic heterocycles. The van der Waals surface area contributed by atoms with Gasteiger partial charge in [-0.3, -0.25) is 0 Å². The van der Waals surface area contributed by atoms with Gasteiger partial charge in [0.1, 0.15) is 0 Å². The van der Waals surface area contributed by atoms with Crippen LogP contribution in [0.15, 0.2) is 12.7 Å². The van der Waals surface area contributed by atoms with E-state index in [0.717, 1.165) is 0 Å². The third kappa shape index (κ3) is 9.15. The summed E-state index contributed by atoms with van der Waals surface area (Å²) in [6, 6.07) is 0. The predicted molar refractivity (Wildman–Crippen MR) is 21.5 cm³/mol. The Morgan fingerprint density at radius 3 is 2.50 bits per heavy atom. The molecule has 0 aliphatic carbocycles. The van der Waals surface area contributed by atoms with E-state index in [1.165, 1.54) is 6.08 Å². The molecule has 0 spiro atoms. The number of carboxylic acid groups (broad SMARTS) is 1. The zero-order valence-corrected chi connectivity index (χ0v) is 4.72. The third-order valence-electron chi connectivity index (χ3n) is 0.319. The van der Waals surface area contributed by atoms with Crippen molar-refractivity contribution in [2.45, 2.75) is 0 Å². The maximum absolute atomic E-state index is 9.38. The van der Waals surface area contributed by atoms with Crippen LogP contribution in [0, 0.1) is 0 Å². The van der Waals surface area contributed by atoms with Crippen molar-refractivity contribution in [3.63, 3.8) is 0 Å². The fraction of sp³-hybridized carbons (Fsp3) is 0.250. The summed E-state index contributed by atoms with van der Waals surface area (Å²) in [4.78, 5) is 9.38. The van der Waals surface area contributed by atoms with Gasteiger partial charge in [0.2, 0.25) is 0 Å². The first-order chi connectivity index (χ1) is 3.27. The van der Waals surface area contributed by atoms with Crippen molar-refractivity contribution in [2.75, 3.05) is 6.61 Å². The second kappa shape index (κ2) is 6.61. The molecule has 3 nitrogen and oxygen atoms in total. The van der Waals surface area contributed by atoms with Gasteiger partial charge in [-0.15, -0.1) is 6.58 Å². The smallest absolute Gasteiger partial charge is 0.546 e. The molecule has 0 atom stereocenters. The molecule has 0 fully saturated rings. The zero-order valence-electron chi connectivity index (χ0n) is 4.72. The van der Waals surface area contributed by atoms with E-state index in [4.69, 9.17) is 0 Å².